The Labute approximate surface area is 266 Å². The third-order valence-corrected chi connectivity index (χ3v) is 10.5. The predicted octanol–water partition coefficient (Wildman–Crippen LogP) is 7.19. The van der Waals surface area contributed by atoms with Gasteiger partial charge in [0.1, 0.15) is 0 Å². The van der Waals surface area contributed by atoms with Crippen molar-refractivity contribution < 1.29 is 18.4 Å². The second-order valence-electron chi connectivity index (χ2n) is 13.7. The molecule has 0 aromatic heterocycles. The summed E-state index contributed by atoms with van der Waals surface area (Å²) in [5.74, 6) is -3.09. The molecule has 1 aliphatic carbocycles. The number of hydrogen-bond acceptors (Lipinski definition) is 3. The van der Waals surface area contributed by atoms with Gasteiger partial charge in [-0.25, -0.2) is 13.6 Å². The van der Waals surface area contributed by atoms with Crippen molar-refractivity contribution in [1.82, 2.24) is 20.0 Å². The SMILES string of the molecule is CC(C)N1C(=O)N(Cc2ccccc2)CC12CC1CCC(C2)N1CC[C@H](NC(=O)C1CCC(F)(F)CC1)c1ccccc1.Cl. The largest absolute Gasteiger partial charge is 0.349 e. The number of benzene rings is 2. The molecule has 3 atom stereocenters. The fourth-order valence-electron chi connectivity index (χ4n) is 8.53. The molecule has 0 radical (unpaired) electrons. The van der Waals surface area contributed by atoms with E-state index in [1.807, 2.05) is 53.4 Å². The van der Waals surface area contributed by atoms with Gasteiger partial charge in [-0.15, -0.1) is 12.4 Å². The molecule has 240 valence electrons. The summed E-state index contributed by atoms with van der Waals surface area (Å²) in [4.78, 5) is 33.8. The lowest BCUT2D eigenvalue weighted by Crippen LogP contribution is -2.60. The van der Waals surface area contributed by atoms with E-state index in [2.05, 4.69) is 41.1 Å². The van der Waals surface area contributed by atoms with E-state index in [0.717, 1.165) is 56.3 Å². The number of nitrogens with zero attached hydrogens (tertiary/aromatic N) is 3. The smallest absolute Gasteiger partial charge is 0.321 e. The van der Waals surface area contributed by atoms with Gasteiger partial charge in [0, 0.05) is 56.5 Å². The third kappa shape index (κ3) is 6.76. The highest BCUT2D eigenvalue weighted by Crippen LogP contribution is 2.48. The first-order valence-corrected chi connectivity index (χ1v) is 16.3. The first-order chi connectivity index (χ1) is 20.6. The van der Waals surface area contributed by atoms with Gasteiger partial charge in [-0.2, -0.15) is 0 Å². The van der Waals surface area contributed by atoms with E-state index in [0.29, 0.717) is 18.6 Å². The molecule has 1 saturated carbocycles. The number of rotatable bonds is 9. The number of halogens is 3. The summed E-state index contributed by atoms with van der Waals surface area (Å²) in [5.41, 5.74) is 2.06. The summed E-state index contributed by atoms with van der Waals surface area (Å²) in [6, 6.07) is 21.2. The molecule has 2 aromatic rings. The average molecular weight is 629 g/mol. The van der Waals surface area contributed by atoms with Crippen LogP contribution in [0.1, 0.15) is 88.8 Å². The summed E-state index contributed by atoms with van der Waals surface area (Å²) in [5, 5.41) is 3.26. The Morgan fingerprint density at radius 3 is 2.11 bits per heavy atom. The molecular formula is C35H47ClF2N4O2. The molecule has 3 saturated heterocycles. The second kappa shape index (κ2) is 13.3. The number of carbonyl (C=O) groups excluding carboxylic acids is 2. The van der Waals surface area contributed by atoms with Crippen molar-refractivity contribution in [3.63, 3.8) is 0 Å². The van der Waals surface area contributed by atoms with Crippen molar-refractivity contribution in [2.75, 3.05) is 13.1 Å². The minimum Gasteiger partial charge on any atom is -0.349 e. The molecule has 4 aliphatic rings. The first-order valence-electron chi connectivity index (χ1n) is 16.3. The van der Waals surface area contributed by atoms with E-state index in [1.54, 1.807) is 0 Å². The van der Waals surface area contributed by atoms with Gasteiger partial charge in [-0.3, -0.25) is 9.69 Å². The molecule has 6 rings (SSSR count). The van der Waals surface area contributed by atoms with Gasteiger partial charge in [0.2, 0.25) is 11.8 Å². The van der Waals surface area contributed by atoms with Crippen LogP contribution in [0.4, 0.5) is 13.6 Å². The number of urea groups is 1. The van der Waals surface area contributed by atoms with Gasteiger partial charge in [0.15, 0.2) is 0 Å². The van der Waals surface area contributed by atoms with Crippen LogP contribution in [0, 0.1) is 5.92 Å². The Hall–Kier alpha value is -2.71. The van der Waals surface area contributed by atoms with Gasteiger partial charge >= 0.3 is 6.03 Å². The van der Waals surface area contributed by atoms with Crippen molar-refractivity contribution in [2.24, 2.45) is 5.92 Å². The monoisotopic (exact) mass is 628 g/mol. The van der Waals surface area contributed by atoms with Crippen LogP contribution in [-0.2, 0) is 11.3 Å². The minimum absolute atomic E-state index is 0. The highest BCUT2D eigenvalue weighted by Gasteiger charge is 2.57. The zero-order valence-corrected chi connectivity index (χ0v) is 26.8. The van der Waals surface area contributed by atoms with Crippen molar-refractivity contribution in [2.45, 2.75) is 114 Å². The maximum Gasteiger partial charge on any atom is 0.321 e. The molecule has 1 spiro atoms. The topological polar surface area (TPSA) is 55.9 Å². The lowest BCUT2D eigenvalue weighted by molar-refractivity contribution is -0.130. The van der Waals surface area contributed by atoms with Gasteiger partial charge in [-0.1, -0.05) is 60.7 Å². The van der Waals surface area contributed by atoms with Crippen LogP contribution in [0.15, 0.2) is 60.7 Å². The maximum absolute atomic E-state index is 13.7. The van der Waals surface area contributed by atoms with Gasteiger partial charge in [-0.05, 0) is 69.9 Å². The lowest BCUT2D eigenvalue weighted by atomic mass is 9.81. The zero-order chi connectivity index (χ0) is 30.2. The molecule has 44 heavy (non-hydrogen) atoms. The molecule has 4 fully saturated rings. The maximum atomic E-state index is 13.7. The van der Waals surface area contributed by atoms with Crippen molar-refractivity contribution in [3.8, 4) is 0 Å². The van der Waals surface area contributed by atoms with E-state index in [9.17, 15) is 18.4 Å². The summed E-state index contributed by atoms with van der Waals surface area (Å²) in [6.07, 6.45) is 5.03. The number of piperidine rings is 1. The molecule has 3 amide bonds. The van der Waals surface area contributed by atoms with E-state index in [1.165, 1.54) is 0 Å². The molecule has 9 heteroatoms. The van der Waals surface area contributed by atoms with E-state index < -0.39 is 5.92 Å². The molecule has 3 heterocycles. The summed E-state index contributed by atoms with van der Waals surface area (Å²) < 4.78 is 27.5. The van der Waals surface area contributed by atoms with E-state index in [-0.39, 0.29) is 73.6 Å². The van der Waals surface area contributed by atoms with Crippen LogP contribution in [0.25, 0.3) is 0 Å². The minimum atomic E-state index is -2.64. The Morgan fingerprint density at radius 2 is 1.52 bits per heavy atom. The number of fused-ring (bicyclic) bond motifs is 2. The fraction of sp³-hybridized carbons (Fsp3) is 0.600. The Kier molecular flexibility index (Phi) is 9.90. The van der Waals surface area contributed by atoms with Crippen LogP contribution in [0.3, 0.4) is 0 Å². The second-order valence-corrected chi connectivity index (χ2v) is 13.7. The van der Waals surface area contributed by atoms with Crippen LogP contribution >= 0.6 is 12.4 Å². The number of nitrogens with one attached hydrogen (secondary N) is 1. The number of alkyl halides is 2. The van der Waals surface area contributed by atoms with Gasteiger partial charge < -0.3 is 15.1 Å². The molecule has 3 aliphatic heterocycles. The molecule has 1 N–H and O–H groups in total. The number of carbonyl (C=O) groups is 2. The number of amides is 3. The van der Waals surface area contributed by atoms with E-state index in [4.69, 9.17) is 0 Å². The quantitative estimate of drug-likeness (QED) is 0.320. The highest BCUT2D eigenvalue weighted by atomic mass is 35.5. The number of hydrogen-bond donors (Lipinski definition) is 1. The highest BCUT2D eigenvalue weighted by molar-refractivity contribution is 5.85. The molecule has 2 bridgehead atoms. The van der Waals surface area contributed by atoms with Crippen LogP contribution in [-0.4, -0.2) is 69.3 Å². The summed E-state index contributed by atoms with van der Waals surface area (Å²) >= 11 is 0. The Bertz CT molecular complexity index is 1260. The third-order valence-electron chi connectivity index (χ3n) is 10.5. The molecule has 6 nitrogen and oxygen atoms in total. The Balaban J connectivity index is 0.00000384. The van der Waals surface area contributed by atoms with Gasteiger partial charge in [0.25, 0.3) is 0 Å². The first kappa shape index (κ1) is 32.7. The molecular weight excluding hydrogens is 582 g/mol. The Morgan fingerprint density at radius 1 is 0.932 bits per heavy atom. The van der Waals surface area contributed by atoms with Crippen LogP contribution in [0.2, 0.25) is 0 Å². The molecule has 2 aromatic carbocycles. The van der Waals surface area contributed by atoms with Crippen LogP contribution < -0.4 is 5.32 Å². The zero-order valence-electron chi connectivity index (χ0n) is 26.0. The average Bonchev–Trinajstić information content (AvgIpc) is 3.39. The van der Waals surface area contributed by atoms with Crippen LogP contribution in [0.5, 0.6) is 0 Å². The summed E-state index contributed by atoms with van der Waals surface area (Å²) in [6.45, 7) is 6.54. The fourth-order valence-corrected chi connectivity index (χ4v) is 8.53. The normalized spacial score (nSPS) is 27.5. The predicted molar refractivity (Wildman–Crippen MR) is 171 cm³/mol. The molecule has 2 unspecified atom stereocenters. The summed E-state index contributed by atoms with van der Waals surface area (Å²) in [7, 11) is 0. The van der Waals surface area contributed by atoms with Crippen molar-refractivity contribution >= 4 is 24.3 Å². The van der Waals surface area contributed by atoms with Crippen molar-refractivity contribution in [1.29, 1.82) is 0 Å². The van der Waals surface area contributed by atoms with Crippen molar-refractivity contribution in [3.05, 3.63) is 71.8 Å². The van der Waals surface area contributed by atoms with Gasteiger partial charge in [0.05, 0.1) is 11.6 Å². The van der Waals surface area contributed by atoms with E-state index >= 15 is 0 Å². The standard InChI is InChI=1S/C35H46F2N4O2.ClH/c1-25(2)41-33(43)39(23-26-9-5-3-6-10-26)24-34(41)21-29-13-14-30(22-34)40(29)20-17-31(27-11-7-4-8-12-27)38-32(42)28-15-18-35(36,37)19-16-28;/h3-12,25,28-31H,13-24H2,1-2H3,(H,38,42);1H/t29?,30?,31-,34?;/m0./s1. The lowest BCUT2D eigenvalue weighted by Gasteiger charge is -2.49.